The van der Waals surface area contributed by atoms with Crippen LogP contribution in [0.3, 0.4) is 0 Å². The quantitative estimate of drug-likeness (QED) is 0.362. The number of aliphatic imine (C=N–C) groups is 1. The van der Waals surface area contributed by atoms with Gasteiger partial charge in [0, 0.05) is 31.7 Å². The van der Waals surface area contributed by atoms with E-state index in [4.69, 9.17) is 9.47 Å². The van der Waals surface area contributed by atoms with Crippen molar-refractivity contribution >= 4 is 29.9 Å². The molecule has 1 aromatic carbocycles. The number of hydrogen-bond donors (Lipinski definition) is 2. The monoisotopic (exact) mass is 473 g/mol. The van der Waals surface area contributed by atoms with Gasteiger partial charge in [0.05, 0.1) is 13.2 Å². The van der Waals surface area contributed by atoms with E-state index < -0.39 is 0 Å². The summed E-state index contributed by atoms with van der Waals surface area (Å²) < 4.78 is 11.3. The van der Waals surface area contributed by atoms with Crippen LogP contribution in [0.15, 0.2) is 29.3 Å². The van der Waals surface area contributed by atoms with Gasteiger partial charge < -0.3 is 20.1 Å². The lowest BCUT2D eigenvalue weighted by Crippen LogP contribution is -2.68. The van der Waals surface area contributed by atoms with E-state index in [0.29, 0.717) is 17.6 Å². The summed E-state index contributed by atoms with van der Waals surface area (Å²) in [7, 11) is 3.56. The van der Waals surface area contributed by atoms with Crippen molar-refractivity contribution in [3.05, 3.63) is 29.8 Å². The number of benzene rings is 1. The second kappa shape index (κ2) is 9.78. The van der Waals surface area contributed by atoms with Gasteiger partial charge in [-0.2, -0.15) is 0 Å². The highest BCUT2D eigenvalue weighted by Gasteiger charge is 2.59. The number of para-hydroxylation sites is 1. The molecule has 2 atom stereocenters. The van der Waals surface area contributed by atoms with E-state index in [-0.39, 0.29) is 24.0 Å². The van der Waals surface area contributed by atoms with Gasteiger partial charge in [0.15, 0.2) is 5.96 Å². The Morgan fingerprint density at radius 3 is 2.69 bits per heavy atom. The molecule has 6 heteroatoms. The summed E-state index contributed by atoms with van der Waals surface area (Å²) >= 11 is 0. The third-order valence-electron chi connectivity index (χ3n) is 5.85. The normalized spacial score (nSPS) is 23.4. The minimum absolute atomic E-state index is 0. The molecular weight excluding hydrogens is 441 g/mol. The first-order valence-electron chi connectivity index (χ1n) is 9.44. The molecule has 2 N–H and O–H groups in total. The summed E-state index contributed by atoms with van der Waals surface area (Å²) in [5, 5.41) is 7.07. The Hall–Kier alpha value is -1.02. The van der Waals surface area contributed by atoms with Gasteiger partial charge in [-0.1, -0.05) is 24.6 Å². The van der Waals surface area contributed by atoms with Gasteiger partial charge in [-0.05, 0) is 44.2 Å². The molecule has 1 spiro atoms. The van der Waals surface area contributed by atoms with Gasteiger partial charge in [0.25, 0.3) is 0 Å². The van der Waals surface area contributed by atoms with Crippen molar-refractivity contribution in [2.24, 2.45) is 10.4 Å². The molecule has 0 aliphatic heterocycles. The molecule has 2 fully saturated rings. The van der Waals surface area contributed by atoms with Crippen molar-refractivity contribution in [3.63, 3.8) is 0 Å². The second-order valence-electron chi connectivity index (χ2n) is 7.02. The average Bonchev–Trinajstić information content (AvgIpc) is 2.58. The molecule has 0 amide bonds. The van der Waals surface area contributed by atoms with Gasteiger partial charge in [-0.25, -0.2) is 0 Å². The van der Waals surface area contributed by atoms with Crippen LogP contribution in [0.1, 0.15) is 38.2 Å². The molecule has 0 bridgehead atoms. The number of nitrogens with one attached hydrogen (secondary N) is 2. The smallest absolute Gasteiger partial charge is 0.191 e. The maximum Gasteiger partial charge on any atom is 0.191 e. The van der Waals surface area contributed by atoms with E-state index in [1.165, 1.54) is 24.8 Å². The third kappa shape index (κ3) is 4.27. The van der Waals surface area contributed by atoms with E-state index in [2.05, 4.69) is 28.6 Å². The maximum atomic E-state index is 5.93. The van der Waals surface area contributed by atoms with Gasteiger partial charge in [-0.3, -0.25) is 4.99 Å². The number of methoxy groups -OCH3 is 1. The van der Waals surface area contributed by atoms with Crippen LogP contribution in [-0.2, 0) is 11.2 Å². The van der Waals surface area contributed by atoms with Gasteiger partial charge in [-0.15, -0.1) is 24.0 Å². The first kappa shape index (κ1) is 21.3. The van der Waals surface area contributed by atoms with E-state index in [0.717, 1.165) is 37.7 Å². The highest BCUT2D eigenvalue weighted by atomic mass is 127. The van der Waals surface area contributed by atoms with E-state index in [1.54, 1.807) is 7.11 Å². The molecule has 5 nitrogen and oxygen atoms in total. The van der Waals surface area contributed by atoms with E-state index in [9.17, 15) is 0 Å². The zero-order chi connectivity index (χ0) is 17.7. The highest BCUT2D eigenvalue weighted by Crippen LogP contribution is 2.57. The highest BCUT2D eigenvalue weighted by molar-refractivity contribution is 14.0. The summed E-state index contributed by atoms with van der Waals surface area (Å²) in [6.07, 6.45) is 6.28. The fourth-order valence-corrected chi connectivity index (χ4v) is 4.23. The molecular formula is C20H32IN3O2. The molecule has 1 aromatic rings. The van der Waals surface area contributed by atoms with Crippen molar-refractivity contribution in [1.82, 2.24) is 10.6 Å². The lowest BCUT2D eigenvalue weighted by molar-refractivity contribution is -0.168. The molecule has 0 radical (unpaired) electrons. The zero-order valence-corrected chi connectivity index (χ0v) is 18.4. The number of hydrogen-bond acceptors (Lipinski definition) is 3. The van der Waals surface area contributed by atoms with Crippen molar-refractivity contribution in [3.8, 4) is 5.75 Å². The molecule has 2 aliphatic carbocycles. The van der Waals surface area contributed by atoms with Crippen molar-refractivity contribution < 1.29 is 9.47 Å². The number of guanidine groups is 1. The topological polar surface area (TPSA) is 54.9 Å². The van der Waals surface area contributed by atoms with Gasteiger partial charge in [0.2, 0.25) is 0 Å². The lowest BCUT2D eigenvalue weighted by Gasteiger charge is -2.61. The number of halogens is 1. The standard InChI is InChI=1S/C20H31N3O2.HI/c1-4-25-18-14-17(20(18)11-7-12-20)23-19(21-2)22-13-10-15-8-5-6-9-16(15)24-3;/h5-6,8-9,17-18H,4,7,10-14H2,1-3H3,(H2,21,22,23);1H. The van der Waals surface area contributed by atoms with Crippen molar-refractivity contribution in [2.75, 3.05) is 27.3 Å². The van der Waals surface area contributed by atoms with Crippen LogP contribution in [0.25, 0.3) is 0 Å². The first-order valence-corrected chi connectivity index (χ1v) is 9.44. The third-order valence-corrected chi connectivity index (χ3v) is 5.85. The van der Waals surface area contributed by atoms with Gasteiger partial charge in [0.1, 0.15) is 5.75 Å². The SMILES string of the molecule is CCOC1CC(NC(=NC)NCCc2ccccc2OC)C12CCC2.I. The summed E-state index contributed by atoms with van der Waals surface area (Å²) in [5.41, 5.74) is 1.56. The molecule has 146 valence electrons. The molecule has 2 unspecified atom stereocenters. The van der Waals surface area contributed by atoms with Crippen LogP contribution >= 0.6 is 24.0 Å². The predicted octanol–water partition coefficient (Wildman–Crippen LogP) is 3.37. The fourth-order valence-electron chi connectivity index (χ4n) is 4.23. The minimum Gasteiger partial charge on any atom is -0.496 e. The second-order valence-corrected chi connectivity index (χ2v) is 7.02. The number of nitrogens with zero attached hydrogens (tertiary/aromatic N) is 1. The van der Waals surface area contributed by atoms with E-state index in [1.807, 2.05) is 25.2 Å². The van der Waals surface area contributed by atoms with Crippen molar-refractivity contribution in [2.45, 2.75) is 51.2 Å². The Morgan fingerprint density at radius 1 is 1.31 bits per heavy atom. The van der Waals surface area contributed by atoms with Crippen LogP contribution in [0.4, 0.5) is 0 Å². The summed E-state index contributed by atoms with van der Waals surface area (Å²) in [4.78, 5) is 4.40. The summed E-state index contributed by atoms with van der Waals surface area (Å²) in [6, 6.07) is 8.65. The molecule has 26 heavy (non-hydrogen) atoms. The maximum absolute atomic E-state index is 5.93. The molecule has 0 saturated heterocycles. The Labute approximate surface area is 174 Å². The molecule has 0 heterocycles. The fraction of sp³-hybridized carbons (Fsp3) is 0.650. The Kier molecular flexibility index (Phi) is 8.01. The van der Waals surface area contributed by atoms with Crippen LogP contribution < -0.4 is 15.4 Å². The molecule has 2 saturated carbocycles. The molecule has 3 rings (SSSR count). The van der Waals surface area contributed by atoms with Crippen LogP contribution in [0, 0.1) is 5.41 Å². The van der Waals surface area contributed by atoms with Crippen LogP contribution in [0.2, 0.25) is 0 Å². The largest absolute Gasteiger partial charge is 0.496 e. The predicted molar refractivity (Wildman–Crippen MR) is 117 cm³/mol. The van der Waals surface area contributed by atoms with Gasteiger partial charge >= 0.3 is 0 Å². The average molecular weight is 473 g/mol. The zero-order valence-electron chi connectivity index (χ0n) is 16.1. The summed E-state index contributed by atoms with van der Waals surface area (Å²) in [5.74, 6) is 1.83. The minimum atomic E-state index is 0. The first-order chi connectivity index (χ1) is 12.2. The van der Waals surface area contributed by atoms with Crippen LogP contribution in [-0.4, -0.2) is 45.4 Å². The molecule has 0 aromatic heterocycles. The molecule has 2 aliphatic rings. The number of rotatable bonds is 7. The van der Waals surface area contributed by atoms with Crippen LogP contribution in [0.5, 0.6) is 5.75 Å². The van der Waals surface area contributed by atoms with E-state index >= 15 is 0 Å². The Balaban J connectivity index is 0.00000243. The summed E-state index contributed by atoms with van der Waals surface area (Å²) in [6.45, 7) is 3.73. The Morgan fingerprint density at radius 2 is 2.08 bits per heavy atom. The lowest BCUT2D eigenvalue weighted by atomic mass is 9.51. The number of ether oxygens (including phenoxy) is 2. The Bertz CT molecular complexity index is 604. The van der Waals surface area contributed by atoms with Crippen molar-refractivity contribution in [1.29, 1.82) is 0 Å².